The topological polar surface area (TPSA) is 46.3 Å². The van der Waals surface area contributed by atoms with E-state index in [1.165, 1.54) is 0 Å². The van der Waals surface area contributed by atoms with E-state index in [1.54, 1.807) is 52.0 Å². The fourth-order valence-corrected chi connectivity index (χ4v) is 2.06. The first kappa shape index (κ1) is 17.3. The minimum Gasteiger partial charge on any atom is -0.399 e. The SMILES string of the molecule is CC(C)N(CC(F)(F)F)C(=O)C(C)(C)c1ccc(N)cc1. The minimum atomic E-state index is -4.42. The smallest absolute Gasteiger partial charge is 0.399 e. The van der Waals surface area contributed by atoms with Crippen molar-refractivity contribution < 1.29 is 18.0 Å². The van der Waals surface area contributed by atoms with Crippen molar-refractivity contribution in [2.75, 3.05) is 12.3 Å². The molecule has 0 aromatic heterocycles. The normalized spacial score (nSPS) is 12.6. The van der Waals surface area contributed by atoms with Crippen molar-refractivity contribution in [2.45, 2.75) is 45.3 Å². The number of nitrogens with two attached hydrogens (primary N) is 1. The van der Waals surface area contributed by atoms with Crippen LogP contribution in [0.2, 0.25) is 0 Å². The van der Waals surface area contributed by atoms with Crippen molar-refractivity contribution in [2.24, 2.45) is 0 Å². The van der Waals surface area contributed by atoms with E-state index in [0.29, 0.717) is 11.3 Å². The Hall–Kier alpha value is -1.72. The van der Waals surface area contributed by atoms with Crippen molar-refractivity contribution in [1.29, 1.82) is 0 Å². The maximum atomic E-state index is 12.7. The summed E-state index contributed by atoms with van der Waals surface area (Å²) in [7, 11) is 0. The summed E-state index contributed by atoms with van der Waals surface area (Å²) in [6.45, 7) is 5.13. The molecule has 6 heteroatoms. The van der Waals surface area contributed by atoms with Crippen molar-refractivity contribution in [3.63, 3.8) is 0 Å². The molecule has 0 heterocycles. The van der Waals surface area contributed by atoms with Gasteiger partial charge in [0.05, 0.1) is 5.41 Å². The van der Waals surface area contributed by atoms with Gasteiger partial charge in [0.2, 0.25) is 5.91 Å². The fraction of sp³-hybridized carbons (Fsp3) is 0.533. The van der Waals surface area contributed by atoms with E-state index in [2.05, 4.69) is 0 Å². The predicted octanol–water partition coefficient (Wildman–Crippen LogP) is 3.35. The molecule has 0 unspecified atom stereocenters. The van der Waals surface area contributed by atoms with Gasteiger partial charge < -0.3 is 10.6 Å². The summed E-state index contributed by atoms with van der Waals surface area (Å²) >= 11 is 0. The first-order chi connectivity index (χ1) is 9.45. The van der Waals surface area contributed by atoms with E-state index in [-0.39, 0.29) is 0 Å². The third-order valence-corrected chi connectivity index (χ3v) is 3.40. The lowest BCUT2D eigenvalue weighted by Gasteiger charge is -2.35. The van der Waals surface area contributed by atoms with E-state index in [4.69, 9.17) is 5.73 Å². The Morgan fingerprint density at radius 2 is 1.67 bits per heavy atom. The quantitative estimate of drug-likeness (QED) is 0.867. The third kappa shape index (κ3) is 4.37. The predicted molar refractivity (Wildman–Crippen MR) is 76.8 cm³/mol. The lowest BCUT2D eigenvalue weighted by Crippen LogP contribution is -2.50. The molecular weight excluding hydrogens is 281 g/mol. The molecule has 0 radical (unpaired) electrons. The number of amides is 1. The molecular formula is C15H21F3N2O. The molecule has 21 heavy (non-hydrogen) atoms. The van der Waals surface area contributed by atoms with E-state index in [0.717, 1.165) is 4.90 Å². The fourth-order valence-electron chi connectivity index (χ4n) is 2.06. The zero-order valence-electron chi connectivity index (χ0n) is 12.7. The maximum absolute atomic E-state index is 12.7. The summed E-state index contributed by atoms with van der Waals surface area (Å²) in [5.74, 6) is -0.556. The van der Waals surface area contributed by atoms with Crippen LogP contribution in [0.25, 0.3) is 0 Å². The van der Waals surface area contributed by atoms with E-state index in [1.807, 2.05) is 0 Å². The van der Waals surface area contributed by atoms with Crippen molar-refractivity contribution >= 4 is 11.6 Å². The second-order valence-electron chi connectivity index (χ2n) is 5.89. The van der Waals surface area contributed by atoms with Crippen LogP contribution in [0.1, 0.15) is 33.3 Å². The van der Waals surface area contributed by atoms with E-state index < -0.39 is 30.1 Å². The number of carbonyl (C=O) groups excluding carboxylic acids is 1. The molecule has 118 valence electrons. The van der Waals surface area contributed by atoms with Crippen molar-refractivity contribution in [3.8, 4) is 0 Å². The number of hydrogen-bond acceptors (Lipinski definition) is 2. The molecule has 0 saturated heterocycles. The number of benzene rings is 1. The Kier molecular flexibility index (Phi) is 4.91. The molecule has 1 rings (SSSR count). The van der Waals surface area contributed by atoms with Crippen LogP contribution in [0.15, 0.2) is 24.3 Å². The Labute approximate surface area is 122 Å². The van der Waals surface area contributed by atoms with Gasteiger partial charge in [-0.1, -0.05) is 12.1 Å². The number of rotatable bonds is 4. The number of nitrogens with zero attached hydrogens (tertiary/aromatic N) is 1. The van der Waals surface area contributed by atoms with Gasteiger partial charge in [0, 0.05) is 11.7 Å². The largest absolute Gasteiger partial charge is 0.406 e. The van der Waals surface area contributed by atoms with Gasteiger partial charge in [-0.25, -0.2) is 0 Å². The molecule has 0 spiro atoms. The van der Waals surface area contributed by atoms with E-state index in [9.17, 15) is 18.0 Å². The number of halogens is 3. The second-order valence-corrected chi connectivity index (χ2v) is 5.89. The van der Waals surface area contributed by atoms with Crippen molar-refractivity contribution in [1.82, 2.24) is 4.90 Å². The molecule has 0 fully saturated rings. The van der Waals surface area contributed by atoms with Crippen LogP contribution < -0.4 is 5.73 Å². The van der Waals surface area contributed by atoms with E-state index >= 15 is 0 Å². The average Bonchev–Trinajstić information content (AvgIpc) is 2.34. The highest BCUT2D eigenvalue weighted by Crippen LogP contribution is 2.29. The zero-order chi connectivity index (χ0) is 16.4. The van der Waals surface area contributed by atoms with Crippen LogP contribution in [-0.4, -0.2) is 29.6 Å². The zero-order valence-corrected chi connectivity index (χ0v) is 12.7. The standard InChI is InChI=1S/C15H21F3N2O/c1-10(2)20(9-15(16,17)18)13(21)14(3,4)11-5-7-12(19)8-6-11/h5-8,10H,9,19H2,1-4H3. The summed E-state index contributed by atoms with van der Waals surface area (Å²) in [4.78, 5) is 13.4. The molecule has 0 aliphatic heterocycles. The van der Waals surface area contributed by atoms with Gasteiger partial charge >= 0.3 is 6.18 Å². The van der Waals surface area contributed by atoms with Gasteiger partial charge in [0.25, 0.3) is 0 Å². The molecule has 0 aliphatic rings. The molecule has 0 atom stereocenters. The highest BCUT2D eigenvalue weighted by Gasteiger charge is 2.40. The van der Waals surface area contributed by atoms with Crippen LogP contribution in [-0.2, 0) is 10.2 Å². The van der Waals surface area contributed by atoms with Crippen LogP contribution in [0.4, 0.5) is 18.9 Å². The highest BCUT2D eigenvalue weighted by atomic mass is 19.4. The van der Waals surface area contributed by atoms with Crippen LogP contribution in [0.3, 0.4) is 0 Å². The molecule has 1 aromatic rings. The molecule has 1 amide bonds. The number of nitrogen functional groups attached to an aromatic ring is 1. The van der Waals surface area contributed by atoms with Gasteiger partial charge in [0.15, 0.2) is 0 Å². The number of hydrogen-bond donors (Lipinski definition) is 1. The van der Waals surface area contributed by atoms with Crippen LogP contribution in [0, 0.1) is 0 Å². The molecule has 1 aromatic carbocycles. The first-order valence-electron chi connectivity index (χ1n) is 6.69. The summed E-state index contributed by atoms with van der Waals surface area (Å²) in [5, 5.41) is 0. The summed E-state index contributed by atoms with van der Waals surface area (Å²) in [6, 6.07) is 6.06. The van der Waals surface area contributed by atoms with Gasteiger partial charge in [-0.15, -0.1) is 0 Å². The Morgan fingerprint density at radius 1 is 1.19 bits per heavy atom. The molecule has 2 N–H and O–H groups in total. The number of alkyl halides is 3. The third-order valence-electron chi connectivity index (χ3n) is 3.40. The maximum Gasteiger partial charge on any atom is 0.406 e. The molecule has 0 saturated carbocycles. The Morgan fingerprint density at radius 3 is 2.05 bits per heavy atom. The molecule has 0 bridgehead atoms. The van der Waals surface area contributed by atoms with Crippen molar-refractivity contribution in [3.05, 3.63) is 29.8 Å². The lowest BCUT2D eigenvalue weighted by molar-refractivity contribution is -0.167. The second kappa shape index (κ2) is 5.95. The number of anilines is 1. The lowest BCUT2D eigenvalue weighted by atomic mass is 9.82. The van der Waals surface area contributed by atoms with Crippen LogP contribution in [0.5, 0.6) is 0 Å². The minimum absolute atomic E-state index is 0.535. The Balaban J connectivity index is 3.09. The summed E-state index contributed by atoms with van der Waals surface area (Å²) in [5.41, 5.74) is 5.71. The Bertz CT molecular complexity index is 493. The monoisotopic (exact) mass is 302 g/mol. The van der Waals surface area contributed by atoms with Crippen LogP contribution >= 0.6 is 0 Å². The van der Waals surface area contributed by atoms with Gasteiger partial charge in [-0.2, -0.15) is 13.2 Å². The van der Waals surface area contributed by atoms with Gasteiger partial charge in [-0.3, -0.25) is 4.79 Å². The summed E-state index contributed by atoms with van der Waals surface area (Å²) in [6.07, 6.45) is -4.42. The summed E-state index contributed by atoms with van der Waals surface area (Å²) < 4.78 is 38.0. The highest BCUT2D eigenvalue weighted by molar-refractivity contribution is 5.87. The number of carbonyl (C=O) groups is 1. The first-order valence-corrected chi connectivity index (χ1v) is 6.69. The van der Waals surface area contributed by atoms with Gasteiger partial charge in [-0.05, 0) is 45.4 Å². The van der Waals surface area contributed by atoms with Gasteiger partial charge in [0.1, 0.15) is 6.54 Å². The average molecular weight is 302 g/mol. The molecule has 0 aliphatic carbocycles. The molecule has 3 nitrogen and oxygen atoms in total.